The molecule has 0 aromatic carbocycles. The maximum absolute atomic E-state index is 10.6. The normalized spacial score (nSPS) is 35.3. The zero-order valence-electron chi connectivity index (χ0n) is 6.96. The molecule has 2 atom stereocenters. The number of carboxylic acid groups (broad SMARTS) is 1. The van der Waals surface area contributed by atoms with E-state index in [2.05, 4.69) is 0 Å². The van der Waals surface area contributed by atoms with Crippen LogP contribution in [0.1, 0.15) is 19.8 Å². The lowest BCUT2D eigenvalue weighted by atomic mass is 10.0. The van der Waals surface area contributed by atoms with Gasteiger partial charge in [0.1, 0.15) is 0 Å². The molecular weight excluding hydrogens is 144 g/mol. The van der Waals surface area contributed by atoms with E-state index >= 15 is 0 Å². The number of carbonyl (C=O) groups is 1. The molecule has 3 heteroatoms. The number of aliphatic carboxylic acids is 1. The Bertz CT molecular complexity index is 167. The zero-order valence-corrected chi connectivity index (χ0v) is 6.96. The van der Waals surface area contributed by atoms with Crippen LogP contribution in [-0.4, -0.2) is 24.8 Å². The minimum absolute atomic E-state index is 0.0411. The molecule has 0 amide bonds. The Balaban J connectivity index is 2.49. The highest BCUT2D eigenvalue weighted by Gasteiger charge is 2.57. The quantitative estimate of drug-likeness (QED) is 0.667. The minimum atomic E-state index is -0.677. The van der Waals surface area contributed by atoms with Gasteiger partial charge in [0.25, 0.3) is 0 Å². The van der Waals surface area contributed by atoms with Crippen molar-refractivity contribution in [1.29, 1.82) is 0 Å². The second-order valence-corrected chi connectivity index (χ2v) is 3.24. The number of rotatable bonds is 4. The summed E-state index contributed by atoms with van der Waals surface area (Å²) in [4.78, 5) is 10.6. The fourth-order valence-electron chi connectivity index (χ4n) is 1.64. The fraction of sp³-hybridized carbons (Fsp3) is 0.875. The summed E-state index contributed by atoms with van der Waals surface area (Å²) >= 11 is 0. The monoisotopic (exact) mass is 158 g/mol. The highest BCUT2D eigenvalue weighted by Crippen LogP contribution is 2.55. The van der Waals surface area contributed by atoms with Crippen molar-refractivity contribution < 1.29 is 14.6 Å². The van der Waals surface area contributed by atoms with E-state index in [4.69, 9.17) is 9.84 Å². The first-order chi connectivity index (χ1) is 5.16. The minimum Gasteiger partial charge on any atom is -0.481 e. The molecule has 0 aromatic rings. The predicted octanol–water partition coefficient (Wildman–Crippen LogP) is 1.13. The molecule has 1 fully saturated rings. The summed E-state index contributed by atoms with van der Waals surface area (Å²) < 4.78 is 4.98. The lowest BCUT2D eigenvalue weighted by Gasteiger charge is -2.10. The third-order valence-electron chi connectivity index (χ3n) is 2.62. The summed E-state index contributed by atoms with van der Waals surface area (Å²) in [5, 5.41) is 8.69. The van der Waals surface area contributed by atoms with Crippen molar-refractivity contribution >= 4 is 5.97 Å². The second kappa shape index (κ2) is 2.81. The van der Waals surface area contributed by atoms with Crippen LogP contribution in [0.5, 0.6) is 0 Å². The van der Waals surface area contributed by atoms with Gasteiger partial charge in [0.15, 0.2) is 0 Å². The molecule has 0 bridgehead atoms. The number of hydrogen-bond donors (Lipinski definition) is 1. The standard InChI is InChI=1S/C8H14O3/c1-3-8(5-11-2)4-6(8)7(9)10/h6H,3-5H2,1-2H3,(H,9,10). The lowest BCUT2D eigenvalue weighted by Crippen LogP contribution is -2.15. The summed E-state index contributed by atoms with van der Waals surface area (Å²) in [5.74, 6) is -0.837. The van der Waals surface area contributed by atoms with Crippen molar-refractivity contribution in [1.82, 2.24) is 0 Å². The number of hydrogen-bond acceptors (Lipinski definition) is 2. The van der Waals surface area contributed by atoms with Crippen LogP contribution in [0, 0.1) is 11.3 Å². The van der Waals surface area contributed by atoms with E-state index in [0.717, 1.165) is 12.8 Å². The summed E-state index contributed by atoms with van der Waals surface area (Å²) in [6, 6.07) is 0. The van der Waals surface area contributed by atoms with E-state index < -0.39 is 5.97 Å². The molecule has 0 aliphatic heterocycles. The van der Waals surface area contributed by atoms with Crippen LogP contribution < -0.4 is 0 Å². The molecule has 1 aliphatic rings. The molecule has 0 aromatic heterocycles. The van der Waals surface area contributed by atoms with Gasteiger partial charge in [0.2, 0.25) is 0 Å². The molecule has 1 rings (SSSR count). The first kappa shape index (κ1) is 8.53. The highest BCUT2D eigenvalue weighted by molar-refractivity contribution is 5.74. The first-order valence-electron chi connectivity index (χ1n) is 3.88. The molecule has 1 aliphatic carbocycles. The van der Waals surface area contributed by atoms with Gasteiger partial charge < -0.3 is 9.84 Å². The first-order valence-corrected chi connectivity index (χ1v) is 3.88. The van der Waals surface area contributed by atoms with Crippen molar-refractivity contribution in [2.24, 2.45) is 11.3 Å². The van der Waals surface area contributed by atoms with Gasteiger partial charge in [-0.25, -0.2) is 0 Å². The molecule has 64 valence electrons. The van der Waals surface area contributed by atoms with Crippen LogP contribution in [0.4, 0.5) is 0 Å². The fourth-order valence-corrected chi connectivity index (χ4v) is 1.64. The van der Waals surface area contributed by atoms with Crippen molar-refractivity contribution in [3.05, 3.63) is 0 Å². The van der Waals surface area contributed by atoms with Crippen molar-refractivity contribution in [3.8, 4) is 0 Å². The topological polar surface area (TPSA) is 46.5 Å². The van der Waals surface area contributed by atoms with Crippen LogP contribution in [0.2, 0.25) is 0 Å². The smallest absolute Gasteiger partial charge is 0.307 e. The van der Waals surface area contributed by atoms with Crippen LogP contribution >= 0.6 is 0 Å². The Morgan fingerprint density at radius 1 is 1.82 bits per heavy atom. The number of ether oxygens (including phenoxy) is 1. The molecule has 0 saturated heterocycles. The summed E-state index contributed by atoms with van der Waals surface area (Å²) in [6.07, 6.45) is 1.68. The molecule has 11 heavy (non-hydrogen) atoms. The van der Waals surface area contributed by atoms with E-state index in [9.17, 15) is 4.79 Å². The van der Waals surface area contributed by atoms with Gasteiger partial charge in [-0.1, -0.05) is 6.92 Å². The number of carboxylic acids is 1. The Morgan fingerprint density at radius 3 is 2.73 bits per heavy atom. The van der Waals surface area contributed by atoms with Gasteiger partial charge in [-0.05, 0) is 12.8 Å². The maximum Gasteiger partial charge on any atom is 0.307 e. The molecule has 0 heterocycles. The van der Waals surface area contributed by atoms with Gasteiger partial charge in [-0.15, -0.1) is 0 Å². The van der Waals surface area contributed by atoms with Gasteiger partial charge in [0, 0.05) is 12.5 Å². The second-order valence-electron chi connectivity index (χ2n) is 3.24. The summed E-state index contributed by atoms with van der Waals surface area (Å²) in [6.45, 7) is 2.60. The van der Waals surface area contributed by atoms with Crippen molar-refractivity contribution in [2.45, 2.75) is 19.8 Å². The van der Waals surface area contributed by atoms with Gasteiger partial charge >= 0.3 is 5.97 Å². The SMILES string of the molecule is CCC1(COC)CC1C(=O)O. The molecule has 0 radical (unpaired) electrons. The summed E-state index contributed by atoms with van der Waals surface area (Å²) in [5.41, 5.74) is -0.0411. The molecule has 1 saturated carbocycles. The largest absolute Gasteiger partial charge is 0.481 e. The van der Waals surface area contributed by atoms with Gasteiger partial charge in [0.05, 0.1) is 12.5 Å². The highest BCUT2D eigenvalue weighted by atomic mass is 16.5. The Morgan fingerprint density at radius 2 is 2.45 bits per heavy atom. The van der Waals surface area contributed by atoms with Gasteiger partial charge in [-0.2, -0.15) is 0 Å². The Labute approximate surface area is 66.4 Å². The summed E-state index contributed by atoms with van der Waals surface area (Å²) in [7, 11) is 1.62. The van der Waals surface area contributed by atoms with E-state index in [-0.39, 0.29) is 11.3 Å². The predicted molar refractivity (Wildman–Crippen MR) is 40.3 cm³/mol. The van der Waals surface area contributed by atoms with Crippen molar-refractivity contribution in [3.63, 3.8) is 0 Å². The zero-order chi connectivity index (χ0) is 8.48. The Hall–Kier alpha value is -0.570. The third-order valence-corrected chi connectivity index (χ3v) is 2.62. The average Bonchev–Trinajstić information content (AvgIpc) is 2.65. The van der Waals surface area contributed by atoms with Crippen molar-refractivity contribution in [2.75, 3.05) is 13.7 Å². The molecular formula is C8H14O3. The van der Waals surface area contributed by atoms with Crippen LogP contribution in [-0.2, 0) is 9.53 Å². The maximum atomic E-state index is 10.6. The Kier molecular flexibility index (Phi) is 2.18. The molecule has 1 N–H and O–H groups in total. The number of methoxy groups -OCH3 is 1. The molecule has 0 spiro atoms. The van der Waals surface area contributed by atoms with E-state index in [1.165, 1.54) is 0 Å². The lowest BCUT2D eigenvalue weighted by molar-refractivity contribution is -0.139. The van der Waals surface area contributed by atoms with E-state index in [1.54, 1.807) is 7.11 Å². The van der Waals surface area contributed by atoms with Crippen LogP contribution in [0.3, 0.4) is 0 Å². The average molecular weight is 158 g/mol. The molecule has 2 unspecified atom stereocenters. The van der Waals surface area contributed by atoms with E-state index in [1.807, 2.05) is 6.92 Å². The molecule has 3 nitrogen and oxygen atoms in total. The van der Waals surface area contributed by atoms with E-state index in [0.29, 0.717) is 6.61 Å². The third kappa shape index (κ3) is 1.38. The van der Waals surface area contributed by atoms with Crippen LogP contribution in [0.25, 0.3) is 0 Å². The van der Waals surface area contributed by atoms with Crippen LogP contribution in [0.15, 0.2) is 0 Å². The van der Waals surface area contributed by atoms with Gasteiger partial charge in [-0.3, -0.25) is 4.79 Å².